The van der Waals surface area contributed by atoms with Crippen molar-refractivity contribution >= 4 is 5.78 Å². The highest BCUT2D eigenvalue weighted by molar-refractivity contribution is 6.06. The van der Waals surface area contributed by atoms with E-state index in [0.717, 1.165) is 6.08 Å². The van der Waals surface area contributed by atoms with Gasteiger partial charge >= 0.3 is 0 Å². The summed E-state index contributed by atoms with van der Waals surface area (Å²) in [5.74, 6) is -0.624. The number of allylic oxidation sites excluding steroid dienone is 5. The molecule has 0 rings (SSSR count). The van der Waals surface area contributed by atoms with Crippen molar-refractivity contribution in [1.82, 2.24) is 0 Å². The Labute approximate surface area is 90.8 Å². The second kappa shape index (κ2) is 10.3. The third-order valence-electron chi connectivity index (χ3n) is 1.33. The van der Waals surface area contributed by atoms with Crippen LogP contribution < -0.4 is 0 Å². The van der Waals surface area contributed by atoms with Crippen LogP contribution in [0.1, 0.15) is 20.8 Å². The molecule has 0 aromatic heterocycles. The zero-order valence-corrected chi connectivity index (χ0v) is 9.40. The quantitative estimate of drug-likeness (QED) is 0.425. The Bertz CT molecular complexity index is 283. The highest BCUT2D eigenvalue weighted by atomic mass is 16.3. The monoisotopic (exact) mass is 210 g/mol. The van der Waals surface area contributed by atoms with E-state index >= 15 is 0 Å². The minimum Gasteiger partial charge on any atom is -0.515 e. The van der Waals surface area contributed by atoms with Crippen LogP contribution in [-0.2, 0) is 4.79 Å². The molecular formula is C12H18O3. The van der Waals surface area contributed by atoms with Crippen molar-refractivity contribution in [2.45, 2.75) is 20.8 Å². The maximum atomic E-state index is 11.1. The van der Waals surface area contributed by atoms with Crippen molar-refractivity contribution in [3.8, 4) is 0 Å². The van der Waals surface area contributed by atoms with Gasteiger partial charge in [0, 0.05) is 6.08 Å². The predicted octanol–water partition coefficient (Wildman–Crippen LogP) is 3.23. The second-order valence-corrected chi connectivity index (χ2v) is 2.17. The molecule has 0 fully saturated rings. The topological polar surface area (TPSA) is 57.5 Å². The number of carbonyl (C=O) groups excluding carboxylic acids is 1. The molecule has 3 nitrogen and oxygen atoms in total. The van der Waals surface area contributed by atoms with E-state index < -0.39 is 5.78 Å². The smallest absolute Gasteiger partial charge is 0.192 e. The van der Waals surface area contributed by atoms with E-state index in [-0.39, 0.29) is 11.3 Å². The first-order chi connectivity index (χ1) is 7.17. The fourth-order valence-electron chi connectivity index (χ4n) is 0.775. The maximum absolute atomic E-state index is 11.1. The number of rotatable bonds is 4. The molecule has 0 aromatic rings. The first-order valence-electron chi connectivity index (χ1n) is 4.70. The van der Waals surface area contributed by atoms with Gasteiger partial charge in [-0.05, 0) is 13.0 Å². The van der Waals surface area contributed by atoms with Crippen molar-refractivity contribution in [2.24, 2.45) is 0 Å². The zero-order valence-electron chi connectivity index (χ0n) is 9.40. The van der Waals surface area contributed by atoms with Gasteiger partial charge in [0.05, 0.1) is 11.8 Å². The van der Waals surface area contributed by atoms with Crippen LogP contribution in [-0.4, -0.2) is 16.0 Å². The molecule has 0 amide bonds. The molecular weight excluding hydrogens is 192 g/mol. The van der Waals surface area contributed by atoms with Gasteiger partial charge in [0.15, 0.2) is 5.78 Å². The van der Waals surface area contributed by atoms with Gasteiger partial charge in [0.25, 0.3) is 0 Å². The fraction of sp³-hybridized carbons (Fsp3) is 0.250. The summed E-state index contributed by atoms with van der Waals surface area (Å²) in [5.41, 5.74) is 0.130. The van der Waals surface area contributed by atoms with Crippen molar-refractivity contribution in [1.29, 1.82) is 0 Å². The van der Waals surface area contributed by atoms with Crippen LogP contribution in [0.4, 0.5) is 0 Å². The van der Waals surface area contributed by atoms with E-state index in [2.05, 4.69) is 6.58 Å². The molecule has 0 aliphatic carbocycles. The van der Waals surface area contributed by atoms with E-state index in [9.17, 15) is 9.90 Å². The third kappa shape index (κ3) is 6.32. The summed E-state index contributed by atoms with van der Waals surface area (Å²) in [6, 6.07) is 0. The SMILES string of the molecule is C=C/C=C(O)\C(=C/C)C(=O)/C=C\O.CC. The molecule has 0 spiro atoms. The largest absolute Gasteiger partial charge is 0.515 e. The molecule has 0 radical (unpaired) electrons. The molecule has 0 heterocycles. The first kappa shape index (κ1) is 15.7. The van der Waals surface area contributed by atoms with Gasteiger partial charge in [0.1, 0.15) is 5.76 Å². The molecule has 0 unspecified atom stereocenters. The maximum Gasteiger partial charge on any atom is 0.192 e. The Hall–Kier alpha value is -1.77. The van der Waals surface area contributed by atoms with Crippen LogP contribution in [0.3, 0.4) is 0 Å². The summed E-state index contributed by atoms with van der Waals surface area (Å²) in [6.07, 6.45) is 5.72. The molecule has 0 aliphatic rings. The van der Waals surface area contributed by atoms with Gasteiger partial charge in [-0.1, -0.05) is 32.6 Å². The minimum absolute atomic E-state index is 0.130. The highest BCUT2D eigenvalue weighted by Gasteiger charge is 2.08. The standard InChI is InChI=1S/C10H12O3.C2H6/c1-3-5-9(12)8(4-2)10(13)6-7-11;1-2/h3-7,11-12H,1H2,2H3;1-2H3/b7-6-,8-4+,9-5+;. The number of aliphatic hydroxyl groups is 2. The van der Waals surface area contributed by atoms with E-state index in [1.807, 2.05) is 13.8 Å². The van der Waals surface area contributed by atoms with Gasteiger partial charge in [-0.3, -0.25) is 4.79 Å². The van der Waals surface area contributed by atoms with Crippen LogP contribution in [0.5, 0.6) is 0 Å². The third-order valence-corrected chi connectivity index (χ3v) is 1.33. The minimum atomic E-state index is -0.458. The molecule has 0 saturated heterocycles. The summed E-state index contributed by atoms with van der Waals surface area (Å²) in [4.78, 5) is 11.1. The molecule has 0 bridgehead atoms. The van der Waals surface area contributed by atoms with Crippen LogP contribution in [0.15, 0.2) is 48.5 Å². The number of ketones is 1. The normalized spacial score (nSPS) is 11.9. The molecule has 84 valence electrons. The summed E-state index contributed by atoms with van der Waals surface area (Å²) >= 11 is 0. The average molecular weight is 210 g/mol. The van der Waals surface area contributed by atoms with Crippen molar-refractivity contribution in [2.75, 3.05) is 0 Å². The average Bonchev–Trinajstić information content (AvgIpc) is 2.22. The Morgan fingerprint density at radius 1 is 1.33 bits per heavy atom. The van der Waals surface area contributed by atoms with E-state index in [4.69, 9.17) is 5.11 Å². The van der Waals surface area contributed by atoms with Crippen LogP contribution in [0.25, 0.3) is 0 Å². The summed E-state index contributed by atoms with van der Waals surface area (Å²) < 4.78 is 0. The molecule has 0 aromatic carbocycles. The lowest BCUT2D eigenvalue weighted by molar-refractivity contribution is -0.111. The molecule has 0 aliphatic heterocycles. The predicted molar refractivity (Wildman–Crippen MR) is 62.8 cm³/mol. The molecule has 3 heteroatoms. The Balaban J connectivity index is 0. The Morgan fingerprint density at radius 2 is 1.87 bits per heavy atom. The number of hydrogen-bond acceptors (Lipinski definition) is 3. The summed E-state index contributed by atoms with van der Waals surface area (Å²) in [5, 5.41) is 17.6. The number of aliphatic hydroxyl groups excluding tert-OH is 2. The zero-order chi connectivity index (χ0) is 12.3. The molecule has 0 saturated carbocycles. The van der Waals surface area contributed by atoms with Crippen LogP contribution >= 0.6 is 0 Å². The van der Waals surface area contributed by atoms with Gasteiger partial charge in [-0.15, -0.1) is 0 Å². The van der Waals surface area contributed by atoms with E-state index in [1.54, 1.807) is 6.92 Å². The van der Waals surface area contributed by atoms with Gasteiger partial charge in [0.2, 0.25) is 0 Å². The fourth-order valence-corrected chi connectivity index (χ4v) is 0.775. The number of carbonyl (C=O) groups is 1. The lowest BCUT2D eigenvalue weighted by Gasteiger charge is -1.99. The van der Waals surface area contributed by atoms with Gasteiger partial charge < -0.3 is 10.2 Å². The molecule has 2 N–H and O–H groups in total. The van der Waals surface area contributed by atoms with Crippen molar-refractivity contribution in [3.05, 3.63) is 48.5 Å². The first-order valence-corrected chi connectivity index (χ1v) is 4.70. The highest BCUT2D eigenvalue weighted by Crippen LogP contribution is 2.08. The molecule has 0 atom stereocenters. The Kier molecular flexibility index (Phi) is 10.8. The van der Waals surface area contributed by atoms with Gasteiger partial charge in [-0.25, -0.2) is 0 Å². The molecule has 15 heavy (non-hydrogen) atoms. The Morgan fingerprint density at radius 3 is 2.20 bits per heavy atom. The number of hydrogen-bond donors (Lipinski definition) is 2. The lowest BCUT2D eigenvalue weighted by Crippen LogP contribution is -2.01. The summed E-state index contributed by atoms with van der Waals surface area (Å²) in [6.45, 7) is 9.00. The van der Waals surface area contributed by atoms with Crippen LogP contribution in [0.2, 0.25) is 0 Å². The van der Waals surface area contributed by atoms with E-state index in [0.29, 0.717) is 6.26 Å². The van der Waals surface area contributed by atoms with Crippen molar-refractivity contribution in [3.63, 3.8) is 0 Å². The van der Waals surface area contributed by atoms with E-state index in [1.165, 1.54) is 18.2 Å². The van der Waals surface area contributed by atoms with Crippen molar-refractivity contribution < 1.29 is 15.0 Å². The lowest BCUT2D eigenvalue weighted by atomic mass is 10.1. The van der Waals surface area contributed by atoms with Gasteiger partial charge in [-0.2, -0.15) is 0 Å². The second-order valence-electron chi connectivity index (χ2n) is 2.17. The van der Waals surface area contributed by atoms with Crippen LogP contribution in [0, 0.1) is 0 Å². The summed E-state index contributed by atoms with van der Waals surface area (Å²) in [7, 11) is 0.